The van der Waals surface area contributed by atoms with Gasteiger partial charge in [-0.25, -0.2) is 4.98 Å². The van der Waals surface area contributed by atoms with Gasteiger partial charge in [0.1, 0.15) is 22.9 Å². The summed E-state index contributed by atoms with van der Waals surface area (Å²) in [4.78, 5) is 4.82. The van der Waals surface area contributed by atoms with Gasteiger partial charge in [0.15, 0.2) is 0 Å². The molecule has 0 radical (unpaired) electrons. The predicted octanol–water partition coefficient (Wildman–Crippen LogP) is 3.07. The van der Waals surface area contributed by atoms with E-state index in [-0.39, 0.29) is 0 Å². The molecule has 5 heteroatoms. The van der Waals surface area contributed by atoms with Gasteiger partial charge in [-0.05, 0) is 37.2 Å². The number of para-hydroxylation sites is 2. The number of aromatic nitrogens is 2. The summed E-state index contributed by atoms with van der Waals surface area (Å²) < 4.78 is 13.3. The Labute approximate surface area is 135 Å². The van der Waals surface area contributed by atoms with E-state index in [0.29, 0.717) is 6.54 Å². The first-order valence-electron chi connectivity index (χ1n) is 7.67. The van der Waals surface area contributed by atoms with E-state index in [4.69, 9.17) is 20.2 Å². The van der Waals surface area contributed by atoms with E-state index in [1.54, 1.807) is 14.2 Å². The number of benzene rings is 2. The summed E-state index contributed by atoms with van der Waals surface area (Å²) in [5.74, 6) is 2.33. The van der Waals surface area contributed by atoms with Gasteiger partial charge in [-0.2, -0.15) is 0 Å². The summed E-state index contributed by atoms with van der Waals surface area (Å²) in [5.41, 5.74) is 8.61. The third-order valence-corrected chi connectivity index (χ3v) is 3.89. The molecule has 0 unspecified atom stereocenters. The zero-order chi connectivity index (χ0) is 16.2. The first-order chi connectivity index (χ1) is 11.3. The molecule has 2 N–H and O–H groups in total. The van der Waals surface area contributed by atoms with Crippen LogP contribution in [0.25, 0.3) is 22.4 Å². The monoisotopic (exact) mass is 311 g/mol. The summed E-state index contributed by atoms with van der Waals surface area (Å²) >= 11 is 0. The van der Waals surface area contributed by atoms with E-state index >= 15 is 0 Å². The number of hydrogen-bond donors (Lipinski definition) is 1. The molecular formula is C18H21N3O2. The van der Waals surface area contributed by atoms with Crippen LogP contribution in [0.4, 0.5) is 0 Å². The number of ether oxygens (including phenoxy) is 2. The maximum atomic E-state index is 5.71. The molecule has 2 aromatic carbocycles. The number of rotatable bonds is 6. The van der Waals surface area contributed by atoms with Crippen LogP contribution in [0.3, 0.4) is 0 Å². The van der Waals surface area contributed by atoms with Crippen LogP contribution in [0.1, 0.15) is 6.42 Å². The van der Waals surface area contributed by atoms with Crippen molar-refractivity contribution in [3.8, 4) is 22.9 Å². The normalized spacial score (nSPS) is 10.9. The number of aryl methyl sites for hydroxylation is 1. The highest BCUT2D eigenvalue weighted by Crippen LogP contribution is 2.39. The van der Waals surface area contributed by atoms with Gasteiger partial charge >= 0.3 is 0 Å². The molecule has 3 aromatic rings. The van der Waals surface area contributed by atoms with Crippen molar-refractivity contribution in [1.29, 1.82) is 0 Å². The molecule has 0 aliphatic rings. The van der Waals surface area contributed by atoms with E-state index in [2.05, 4.69) is 10.6 Å². The van der Waals surface area contributed by atoms with Crippen LogP contribution >= 0.6 is 0 Å². The number of nitrogens with zero attached hydrogens (tertiary/aromatic N) is 2. The van der Waals surface area contributed by atoms with Gasteiger partial charge in [0.05, 0.1) is 25.3 Å². The minimum Gasteiger partial charge on any atom is -0.496 e. The molecule has 0 atom stereocenters. The third-order valence-electron chi connectivity index (χ3n) is 3.89. The van der Waals surface area contributed by atoms with Crippen molar-refractivity contribution in [2.24, 2.45) is 5.73 Å². The van der Waals surface area contributed by atoms with Gasteiger partial charge in [-0.3, -0.25) is 0 Å². The molecule has 1 heterocycles. The Balaban J connectivity index is 2.27. The number of nitrogens with two attached hydrogens (primary N) is 1. The summed E-state index contributed by atoms with van der Waals surface area (Å²) in [6, 6.07) is 13.9. The molecule has 0 amide bonds. The lowest BCUT2D eigenvalue weighted by atomic mass is 10.1. The lowest BCUT2D eigenvalue weighted by molar-refractivity contribution is 0.396. The molecule has 23 heavy (non-hydrogen) atoms. The molecule has 1 aromatic heterocycles. The molecular weight excluding hydrogens is 290 g/mol. The molecule has 0 aliphatic heterocycles. The highest BCUT2D eigenvalue weighted by atomic mass is 16.5. The van der Waals surface area contributed by atoms with Gasteiger partial charge in [0.2, 0.25) is 0 Å². The first kappa shape index (κ1) is 15.4. The summed E-state index contributed by atoms with van der Waals surface area (Å²) in [7, 11) is 3.32. The quantitative estimate of drug-likeness (QED) is 0.760. The molecule has 0 saturated heterocycles. The Kier molecular flexibility index (Phi) is 4.48. The smallest absolute Gasteiger partial charge is 0.148 e. The van der Waals surface area contributed by atoms with E-state index in [9.17, 15) is 0 Å². The van der Waals surface area contributed by atoms with Crippen molar-refractivity contribution in [3.63, 3.8) is 0 Å². The van der Waals surface area contributed by atoms with Crippen LogP contribution < -0.4 is 15.2 Å². The molecule has 0 aliphatic carbocycles. The highest BCUT2D eigenvalue weighted by molar-refractivity contribution is 5.84. The number of hydrogen-bond acceptors (Lipinski definition) is 4. The fourth-order valence-electron chi connectivity index (χ4n) is 2.81. The average molecular weight is 311 g/mol. The second kappa shape index (κ2) is 6.71. The molecule has 120 valence electrons. The minimum atomic E-state index is 0.634. The van der Waals surface area contributed by atoms with Crippen LogP contribution in [-0.4, -0.2) is 30.3 Å². The van der Waals surface area contributed by atoms with Crippen molar-refractivity contribution in [3.05, 3.63) is 42.5 Å². The number of imidazole rings is 1. The fraction of sp³-hybridized carbons (Fsp3) is 0.278. The minimum absolute atomic E-state index is 0.634. The van der Waals surface area contributed by atoms with Crippen molar-refractivity contribution >= 4 is 11.0 Å². The summed E-state index contributed by atoms with van der Waals surface area (Å²) in [5, 5.41) is 0. The van der Waals surface area contributed by atoms with Crippen molar-refractivity contribution in [2.45, 2.75) is 13.0 Å². The Morgan fingerprint density at radius 3 is 2.35 bits per heavy atom. The zero-order valence-electron chi connectivity index (χ0n) is 13.5. The highest BCUT2D eigenvalue weighted by Gasteiger charge is 2.19. The topological polar surface area (TPSA) is 62.3 Å². The Morgan fingerprint density at radius 2 is 1.70 bits per heavy atom. The lowest BCUT2D eigenvalue weighted by Gasteiger charge is -2.14. The molecule has 0 bridgehead atoms. The summed E-state index contributed by atoms with van der Waals surface area (Å²) in [6.45, 7) is 1.43. The van der Waals surface area contributed by atoms with E-state index in [1.165, 1.54) is 0 Å². The fourth-order valence-corrected chi connectivity index (χ4v) is 2.81. The van der Waals surface area contributed by atoms with E-state index in [1.807, 2.05) is 36.4 Å². The summed E-state index contributed by atoms with van der Waals surface area (Å²) in [6.07, 6.45) is 0.880. The van der Waals surface area contributed by atoms with Crippen LogP contribution in [0, 0.1) is 0 Å². The SMILES string of the molecule is COc1cccc(OC)c1-c1nc2ccccc2n1CCCN. The number of methoxy groups -OCH3 is 2. The largest absolute Gasteiger partial charge is 0.496 e. The van der Waals surface area contributed by atoms with Gasteiger partial charge in [-0.15, -0.1) is 0 Å². The standard InChI is InChI=1S/C18H21N3O2/c1-22-15-9-5-10-16(23-2)17(15)18-20-13-7-3-4-8-14(13)21(18)12-6-11-19/h3-5,7-10H,6,11-12,19H2,1-2H3. The molecule has 0 fully saturated rings. The van der Waals surface area contributed by atoms with Crippen molar-refractivity contribution in [2.75, 3.05) is 20.8 Å². The molecule has 5 nitrogen and oxygen atoms in total. The Bertz CT molecular complexity index is 789. The van der Waals surface area contributed by atoms with E-state index < -0.39 is 0 Å². The Hall–Kier alpha value is -2.53. The molecule has 3 rings (SSSR count). The maximum Gasteiger partial charge on any atom is 0.148 e. The van der Waals surface area contributed by atoms with Gasteiger partial charge < -0.3 is 19.8 Å². The second-order valence-corrected chi connectivity index (χ2v) is 5.26. The third kappa shape index (κ3) is 2.75. The first-order valence-corrected chi connectivity index (χ1v) is 7.67. The lowest BCUT2D eigenvalue weighted by Crippen LogP contribution is -2.08. The van der Waals surface area contributed by atoms with E-state index in [0.717, 1.165) is 46.9 Å². The van der Waals surface area contributed by atoms with Crippen LogP contribution in [0.5, 0.6) is 11.5 Å². The average Bonchev–Trinajstić information content (AvgIpc) is 2.97. The van der Waals surface area contributed by atoms with Crippen molar-refractivity contribution in [1.82, 2.24) is 9.55 Å². The molecule has 0 spiro atoms. The number of fused-ring (bicyclic) bond motifs is 1. The predicted molar refractivity (Wildman–Crippen MR) is 91.9 cm³/mol. The van der Waals surface area contributed by atoms with Crippen LogP contribution in [-0.2, 0) is 6.54 Å². The zero-order valence-corrected chi connectivity index (χ0v) is 13.5. The molecule has 0 saturated carbocycles. The second-order valence-electron chi connectivity index (χ2n) is 5.26. The van der Waals surface area contributed by atoms with Crippen LogP contribution in [0.15, 0.2) is 42.5 Å². The van der Waals surface area contributed by atoms with Crippen molar-refractivity contribution < 1.29 is 9.47 Å². The van der Waals surface area contributed by atoms with Gasteiger partial charge in [0.25, 0.3) is 0 Å². The van der Waals surface area contributed by atoms with Crippen LogP contribution in [0.2, 0.25) is 0 Å². The Morgan fingerprint density at radius 1 is 1.00 bits per heavy atom. The van der Waals surface area contributed by atoms with Gasteiger partial charge in [-0.1, -0.05) is 18.2 Å². The maximum absolute atomic E-state index is 5.71. The van der Waals surface area contributed by atoms with Gasteiger partial charge in [0, 0.05) is 6.54 Å².